The molecule has 0 aliphatic heterocycles. The summed E-state index contributed by atoms with van der Waals surface area (Å²) >= 11 is 7.34. The number of nitrogens with two attached hydrogens (primary N) is 1. The number of benzene rings is 2. The average molecular weight is 330 g/mol. The Kier molecular flexibility index (Phi) is 4.09. The van der Waals surface area contributed by atoms with Crippen LogP contribution in [0.4, 0.5) is 16.5 Å². The molecule has 110 valence electrons. The van der Waals surface area contributed by atoms with Crippen LogP contribution in [0, 0.1) is 0 Å². The smallest absolute Gasteiger partial charge is 0.206 e. The highest BCUT2D eigenvalue weighted by Crippen LogP contribution is 2.27. The first kappa shape index (κ1) is 14.6. The van der Waals surface area contributed by atoms with Gasteiger partial charge in [-0.2, -0.15) is 0 Å². The van der Waals surface area contributed by atoms with E-state index in [1.54, 1.807) is 42.6 Å². The van der Waals surface area contributed by atoms with Gasteiger partial charge in [0.15, 0.2) is 5.13 Å². The second kappa shape index (κ2) is 6.17. The Bertz CT molecular complexity index is 814. The van der Waals surface area contributed by atoms with Gasteiger partial charge in [-0.1, -0.05) is 35.1 Å². The van der Waals surface area contributed by atoms with Gasteiger partial charge in [-0.05, 0) is 36.4 Å². The minimum Gasteiger partial charge on any atom is -0.399 e. The molecule has 0 atom stereocenters. The summed E-state index contributed by atoms with van der Waals surface area (Å²) in [6.45, 7) is 0. The van der Waals surface area contributed by atoms with Crippen molar-refractivity contribution in [2.75, 3.05) is 11.1 Å². The molecule has 0 radical (unpaired) electrons. The van der Waals surface area contributed by atoms with E-state index in [1.807, 2.05) is 12.1 Å². The maximum atomic E-state index is 12.4. The number of rotatable bonds is 4. The molecule has 3 rings (SSSR count). The summed E-state index contributed by atoms with van der Waals surface area (Å²) in [5.41, 5.74) is 7.68. The number of nitrogens with one attached hydrogen (secondary N) is 1. The Balaban J connectivity index is 1.80. The van der Waals surface area contributed by atoms with Crippen LogP contribution in [-0.2, 0) is 0 Å². The van der Waals surface area contributed by atoms with Crippen LogP contribution >= 0.6 is 22.9 Å². The molecule has 0 spiro atoms. The van der Waals surface area contributed by atoms with E-state index in [0.29, 0.717) is 26.3 Å². The molecule has 1 aromatic heterocycles. The Morgan fingerprint density at radius 3 is 2.59 bits per heavy atom. The maximum Gasteiger partial charge on any atom is 0.206 e. The molecule has 0 amide bonds. The fraction of sp³-hybridized carbons (Fsp3) is 0. The minimum atomic E-state index is -0.131. The van der Waals surface area contributed by atoms with Crippen molar-refractivity contribution >= 4 is 45.2 Å². The zero-order valence-corrected chi connectivity index (χ0v) is 13.0. The molecule has 3 N–H and O–H groups in total. The maximum absolute atomic E-state index is 12.4. The fourth-order valence-electron chi connectivity index (χ4n) is 1.90. The van der Waals surface area contributed by atoms with E-state index < -0.39 is 0 Å². The molecule has 3 aromatic rings. The summed E-state index contributed by atoms with van der Waals surface area (Å²) in [5.74, 6) is -0.131. The van der Waals surface area contributed by atoms with Gasteiger partial charge in [0.1, 0.15) is 0 Å². The number of hydrogen-bond donors (Lipinski definition) is 2. The summed E-state index contributed by atoms with van der Waals surface area (Å²) in [6, 6.07) is 14.3. The summed E-state index contributed by atoms with van der Waals surface area (Å²) in [6.07, 6.45) is 1.55. The van der Waals surface area contributed by atoms with Crippen molar-refractivity contribution in [2.24, 2.45) is 0 Å². The number of carbonyl (C=O) groups excluding carboxylic acids is 1. The van der Waals surface area contributed by atoms with Gasteiger partial charge < -0.3 is 11.1 Å². The van der Waals surface area contributed by atoms with Gasteiger partial charge in [-0.3, -0.25) is 4.79 Å². The molecule has 0 saturated carbocycles. The molecule has 4 nitrogen and oxygen atoms in total. The zero-order chi connectivity index (χ0) is 15.5. The van der Waals surface area contributed by atoms with E-state index in [0.717, 1.165) is 5.69 Å². The molecular formula is C16H12ClN3OS. The predicted molar refractivity (Wildman–Crippen MR) is 91.1 cm³/mol. The number of halogens is 1. The van der Waals surface area contributed by atoms with Gasteiger partial charge in [0.25, 0.3) is 0 Å². The average Bonchev–Trinajstić information content (AvgIpc) is 2.98. The van der Waals surface area contributed by atoms with Crippen molar-refractivity contribution in [3.05, 3.63) is 70.2 Å². The van der Waals surface area contributed by atoms with Crippen molar-refractivity contribution in [3.63, 3.8) is 0 Å². The van der Waals surface area contributed by atoms with Crippen molar-refractivity contribution in [1.82, 2.24) is 4.98 Å². The fourth-order valence-corrected chi connectivity index (χ4v) is 2.92. The molecule has 0 bridgehead atoms. The monoisotopic (exact) mass is 329 g/mol. The first-order valence-electron chi connectivity index (χ1n) is 6.51. The summed E-state index contributed by atoms with van der Waals surface area (Å²) in [7, 11) is 0. The van der Waals surface area contributed by atoms with Crippen molar-refractivity contribution in [3.8, 4) is 0 Å². The SMILES string of the molecule is Nc1ccc(Nc2ncc(C(=O)c3ccccc3Cl)s2)cc1. The lowest BCUT2D eigenvalue weighted by molar-refractivity contribution is 0.104. The zero-order valence-electron chi connectivity index (χ0n) is 11.4. The Hall–Kier alpha value is -2.37. The first-order valence-corrected chi connectivity index (χ1v) is 7.70. The largest absolute Gasteiger partial charge is 0.399 e. The summed E-state index contributed by atoms with van der Waals surface area (Å²) in [4.78, 5) is 17.2. The Morgan fingerprint density at radius 2 is 1.86 bits per heavy atom. The van der Waals surface area contributed by atoms with E-state index in [9.17, 15) is 4.79 Å². The van der Waals surface area contributed by atoms with Gasteiger partial charge in [0, 0.05) is 16.9 Å². The predicted octanol–water partition coefficient (Wildman–Crippen LogP) is 4.35. The van der Waals surface area contributed by atoms with E-state index >= 15 is 0 Å². The van der Waals surface area contributed by atoms with E-state index in [-0.39, 0.29) is 5.78 Å². The van der Waals surface area contributed by atoms with E-state index in [1.165, 1.54) is 11.3 Å². The van der Waals surface area contributed by atoms with Crippen LogP contribution in [0.25, 0.3) is 0 Å². The van der Waals surface area contributed by atoms with Crippen molar-refractivity contribution in [2.45, 2.75) is 0 Å². The third kappa shape index (κ3) is 3.10. The molecule has 0 aliphatic carbocycles. The number of ketones is 1. The first-order chi connectivity index (χ1) is 10.6. The normalized spacial score (nSPS) is 10.4. The topological polar surface area (TPSA) is 68.0 Å². The van der Waals surface area contributed by atoms with Gasteiger partial charge in [-0.15, -0.1) is 0 Å². The number of thiazole rings is 1. The standard InChI is InChI=1S/C16H12ClN3OS/c17-13-4-2-1-3-12(13)15(21)14-9-19-16(22-14)20-11-7-5-10(18)6-8-11/h1-9H,18H2,(H,19,20). The summed E-state index contributed by atoms with van der Waals surface area (Å²) < 4.78 is 0. The number of nitrogens with zero attached hydrogens (tertiary/aromatic N) is 1. The molecule has 0 saturated heterocycles. The lowest BCUT2D eigenvalue weighted by Gasteiger charge is -2.02. The van der Waals surface area contributed by atoms with Crippen LogP contribution in [-0.4, -0.2) is 10.8 Å². The molecule has 2 aromatic carbocycles. The highest BCUT2D eigenvalue weighted by Gasteiger charge is 2.15. The number of aromatic nitrogens is 1. The molecule has 22 heavy (non-hydrogen) atoms. The van der Waals surface area contributed by atoms with Crippen molar-refractivity contribution < 1.29 is 4.79 Å². The minimum absolute atomic E-state index is 0.131. The van der Waals surface area contributed by atoms with Crippen LogP contribution in [0.3, 0.4) is 0 Å². The van der Waals surface area contributed by atoms with Gasteiger partial charge in [-0.25, -0.2) is 4.98 Å². The molecule has 0 aliphatic rings. The molecule has 0 fully saturated rings. The van der Waals surface area contributed by atoms with Crippen LogP contribution in [0.1, 0.15) is 15.2 Å². The summed E-state index contributed by atoms with van der Waals surface area (Å²) in [5, 5.41) is 4.22. The van der Waals surface area contributed by atoms with Crippen LogP contribution in [0.5, 0.6) is 0 Å². The third-order valence-electron chi connectivity index (χ3n) is 3.01. The van der Waals surface area contributed by atoms with E-state index in [2.05, 4.69) is 10.3 Å². The highest BCUT2D eigenvalue weighted by molar-refractivity contribution is 7.17. The molecule has 1 heterocycles. The Labute approximate surface area is 136 Å². The van der Waals surface area contributed by atoms with Gasteiger partial charge in [0.2, 0.25) is 5.78 Å². The molecular weight excluding hydrogens is 318 g/mol. The third-order valence-corrected chi connectivity index (χ3v) is 4.25. The van der Waals surface area contributed by atoms with Crippen LogP contribution in [0.2, 0.25) is 5.02 Å². The Morgan fingerprint density at radius 1 is 1.14 bits per heavy atom. The molecule has 6 heteroatoms. The van der Waals surface area contributed by atoms with Gasteiger partial charge in [0.05, 0.1) is 16.1 Å². The van der Waals surface area contributed by atoms with Crippen molar-refractivity contribution in [1.29, 1.82) is 0 Å². The van der Waals surface area contributed by atoms with Gasteiger partial charge >= 0.3 is 0 Å². The number of hydrogen-bond acceptors (Lipinski definition) is 5. The van der Waals surface area contributed by atoms with E-state index in [4.69, 9.17) is 17.3 Å². The number of nitrogen functional groups attached to an aromatic ring is 1. The molecule has 0 unspecified atom stereocenters. The highest BCUT2D eigenvalue weighted by atomic mass is 35.5. The van der Waals surface area contributed by atoms with Crippen LogP contribution in [0.15, 0.2) is 54.7 Å². The van der Waals surface area contributed by atoms with Crippen LogP contribution < -0.4 is 11.1 Å². The second-order valence-corrected chi connectivity index (χ2v) is 6.02. The number of anilines is 3. The lowest BCUT2D eigenvalue weighted by Crippen LogP contribution is -1.99. The second-order valence-electron chi connectivity index (χ2n) is 4.59. The number of carbonyl (C=O) groups is 1. The lowest BCUT2D eigenvalue weighted by atomic mass is 10.1. The quantitative estimate of drug-likeness (QED) is 0.551.